The normalized spacial score (nSPS) is 9.75. The maximum absolute atomic E-state index is 2.33. The molecule has 0 N–H and O–H groups in total. The molecule has 0 nitrogen and oxygen atoms in total. The Labute approximate surface area is 222 Å². The van der Waals surface area contributed by atoms with Crippen LogP contribution in [0, 0.1) is 13.8 Å². The Hall–Kier alpha value is -0.673. The van der Waals surface area contributed by atoms with Crippen LogP contribution in [0.1, 0.15) is 48.9 Å². The third kappa shape index (κ3) is 9.67. The van der Waals surface area contributed by atoms with E-state index in [0.29, 0.717) is 0 Å². The molecule has 0 unspecified atom stereocenters. The van der Waals surface area contributed by atoms with Gasteiger partial charge in [-0.25, -0.2) is 0 Å². The van der Waals surface area contributed by atoms with E-state index in [-0.39, 0.29) is 30.3 Å². The number of halogens is 2. The van der Waals surface area contributed by atoms with Crippen molar-refractivity contribution in [3.63, 3.8) is 0 Å². The van der Waals surface area contributed by atoms with Gasteiger partial charge in [0.05, 0.1) is 0 Å². The van der Waals surface area contributed by atoms with Crippen molar-refractivity contribution in [3.8, 4) is 0 Å². The molecule has 0 fully saturated rings. The Morgan fingerprint density at radius 2 is 1.06 bits per heavy atom. The number of aryl methyl sites for hydroxylation is 4. The number of benzene rings is 2. The molecule has 4 rings (SSSR count). The molecule has 0 heterocycles. The monoisotopic (exact) mass is 650 g/mol. The van der Waals surface area contributed by atoms with Gasteiger partial charge in [0, 0.05) is 0 Å². The van der Waals surface area contributed by atoms with Crippen molar-refractivity contribution < 1.29 is 47.8 Å². The van der Waals surface area contributed by atoms with Crippen LogP contribution >= 0.6 is 0 Å². The summed E-state index contributed by atoms with van der Waals surface area (Å²) in [5.41, 5.74) is 5.99. The first-order valence-corrected chi connectivity index (χ1v) is 19.1. The Morgan fingerprint density at radius 1 is 0.719 bits per heavy atom. The standard InChI is InChI=1S/2C13H15.C2H6Si.2ClH.Hf/c2*1-3-5-11-6-4-7-12-8-10(2)9-13(11)12;1-3-2;;;/h2*4,6-9H,3,5H2,1-2H3;1-2H3;2*1H;/q2*-1;;;;+2/p-2. The summed E-state index contributed by atoms with van der Waals surface area (Å²) in [6, 6.07) is 22.3. The first-order valence-electron chi connectivity index (χ1n) is 11.2. The van der Waals surface area contributed by atoms with Crippen LogP contribution in [-0.2, 0) is 35.8 Å². The van der Waals surface area contributed by atoms with Gasteiger partial charge < -0.3 is 24.8 Å². The van der Waals surface area contributed by atoms with Crippen molar-refractivity contribution in [1.82, 2.24) is 0 Å². The number of hydrogen-bond donors (Lipinski definition) is 0. The second kappa shape index (κ2) is 16.0. The van der Waals surface area contributed by atoms with Gasteiger partial charge in [-0.15, -0.1) is 69.1 Å². The summed E-state index contributed by atoms with van der Waals surface area (Å²) in [4.78, 5) is 0. The molecule has 32 heavy (non-hydrogen) atoms. The number of hydrogen-bond acceptors (Lipinski definition) is 0. The van der Waals surface area contributed by atoms with Crippen LogP contribution in [0.15, 0.2) is 60.7 Å². The van der Waals surface area contributed by atoms with Gasteiger partial charge in [0.1, 0.15) is 0 Å². The molecule has 0 atom stereocenters. The molecule has 0 aliphatic rings. The Morgan fingerprint density at radius 3 is 1.38 bits per heavy atom. The van der Waals surface area contributed by atoms with Crippen molar-refractivity contribution >= 4 is 27.0 Å². The van der Waals surface area contributed by atoms with Gasteiger partial charge in [-0.05, 0) is 12.8 Å². The van der Waals surface area contributed by atoms with E-state index in [1.165, 1.54) is 92.5 Å². The summed E-state index contributed by atoms with van der Waals surface area (Å²) < 4.78 is 0. The molecule has 4 aromatic rings. The first-order chi connectivity index (χ1) is 14.3. The van der Waals surface area contributed by atoms with Crippen molar-refractivity contribution in [2.24, 2.45) is 0 Å². The van der Waals surface area contributed by atoms with E-state index in [9.17, 15) is 0 Å². The van der Waals surface area contributed by atoms with Gasteiger partial charge in [-0.1, -0.05) is 63.8 Å². The fraction of sp³-hybridized carbons (Fsp3) is 0.357. The molecule has 172 valence electrons. The average molecular weight is 650 g/mol. The largest absolute Gasteiger partial charge is 1.00 e. The van der Waals surface area contributed by atoms with E-state index >= 15 is 0 Å². The van der Waals surface area contributed by atoms with E-state index in [4.69, 9.17) is 0 Å². The molecular formula is C28H36Cl2HfSi-2. The maximum atomic E-state index is 2.33. The minimum atomic E-state index is 0. The fourth-order valence-corrected chi connectivity index (χ4v) is 3.87. The second-order valence-electron chi connectivity index (χ2n) is 8.41. The minimum Gasteiger partial charge on any atom is -1.00 e. The van der Waals surface area contributed by atoms with Gasteiger partial charge in [0.2, 0.25) is 0 Å². The minimum absolute atomic E-state index is 0. The summed E-state index contributed by atoms with van der Waals surface area (Å²) in [7, 11) is 0. The van der Waals surface area contributed by atoms with E-state index in [1.807, 2.05) is 0 Å². The van der Waals surface area contributed by atoms with Crippen LogP contribution in [-0.4, -0.2) is 5.49 Å². The van der Waals surface area contributed by atoms with Crippen LogP contribution in [0.3, 0.4) is 0 Å². The summed E-state index contributed by atoms with van der Waals surface area (Å²) in [6.07, 6.45) is 4.84. The molecule has 0 aliphatic heterocycles. The first kappa shape index (κ1) is 31.3. The molecule has 0 aliphatic carbocycles. The molecule has 0 saturated carbocycles. The Balaban J connectivity index is 0.000000490. The van der Waals surface area contributed by atoms with Gasteiger partial charge in [-0.2, -0.15) is 12.1 Å². The quantitative estimate of drug-likeness (QED) is 0.236. The molecule has 0 radical (unpaired) electrons. The zero-order chi connectivity index (χ0) is 22.1. The molecule has 0 spiro atoms. The predicted octanol–water partition coefficient (Wildman–Crippen LogP) is 2.43. The zero-order valence-electron chi connectivity index (χ0n) is 20.4. The molecule has 0 amide bonds. The van der Waals surface area contributed by atoms with E-state index < -0.39 is 0 Å². The summed E-state index contributed by atoms with van der Waals surface area (Å²) in [6.45, 7) is 13.4. The van der Waals surface area contributed by atoms with Crippen molar-refractivity contribution in [3.05, 3.63) is 82.9 Å². The van der Waals surface area contributed by atoms with Crippen LogP contribution in [0.2, 0.25) is 13.1 Å². The topological polar surface area (TPSA) is 0 Å². The SMILES string of the molecule is CCCc1cccc2[cH-]c(C)cc12.CCCc1cccc2[cH-]c(C)cc12.C[Si](C)=[Hf+2].[Cl-].[Cl-]. The molecule has 4 aromatic carbocycles. The Bertz CT molecular complexity index is 1010. The molecule has 4 heteroatoms. The molecule has 0 aromatic heterocycles. The molecule has 0 saturated heterocycles. The van der Waals surface area contributed by atoms with Gasteiger partial charge in [0.15, 0.2) is 0 Å². The van der Waals surface area contributed by atoms with E-state index in [0.717, 1.165) is 0 Å². The van der Waals surface area contributed by atoms with Crippen molar-refractivity contribution in [2.75, 3.05) is 0 Å². The van der Waals surface area contributed by atoms with Crippen LogP contribution in [0.4, 0.5) is 0 Å². The van der Waals surface area contributed by atoms with E-state index in [2.05, 4.69) is 101 Å². The third-order valence-corrected chi connectivity index (χ3v) is 5.01. The van der Waals surface area contributed by atoms with E-state index in [1.54, 1.807) is 0 Å². The van der Waals surface area contributed by atoms with Crippen LogP contribution in [0.5, 0.6) is 0 Å². The summed E-state index contributed by atoms with van der Waals surface area (Å²) >= 11 is 1.45. The van der Waals surface area contributed by atoms with Gasteiger partial charge >= 0.3 is 41.6 Å². The summed E-state index contributed by atoms with van der Waals surface area (Å²) in [5, 5.41) is 5.68. The zero-order valence-corrected chi connectivity index (χ0v) is 26.5. The van der Waals surface area contributed by atoms with Gasteiger partial charge in [-0.3, -0.25) is 0 Å². The fourth-order valence-electron chi connectivity index (χ4n) is 3.87. The van der Waals surface area contributed by atoms with Gasteiger partial charge in [0.25, 0.3) is 0 Å². The van der Waals surface area contributed by atoms with Crippen molar-refractivity contribution in [1.29, 1.82) is 0 Å². The second-order valence-corrected chi connectivity index (χ2v) is 21.2. The van der Waals surface area contributed by atoms with Crippen LogP contribution in [0.25, 0.3) is 21.5 Å². The predicted molar refractivity (Wildman–Crippen MR) is 134 cm³/mol. The number of rotatable bonds is 4. The van der Waals surface area contributed by atoms with Crippen molar-refractivity contribution in [2.45, 2.75) is 66.5 Å². The smallest absolute Gasteiger partial charge is 1.00 e. The maximum Gasteiger partial charge on any atom is -1.00 e. The Kier molecular flexibility index (Phi) is 15.7. The van der Waals surface area contributed by atoms with Crippen LogP contribution < -0.4 is 24.8 Å². The summed E-state index contributed by atoms with van der Waals surface area (Å²) in [5.74, 6) is 0. The molecular weight excluding hydrogens is 614 g/mol. The number of fused-ring (bicyclic) bond motifs is 2. The molecule has 0 bridgehead atoms. The third-order valence-electron chi connectivity index (χ3n) is 5.01. The average Bonchev–Trinajstić information content (AvgIpc) is 3.24.